The third-order valence-electron chi connectivity index (χ3n) is 4.73. The monoisotopic (exact) mass is 402 g/mol. The van der Waals surface area contributed by atoms with Crippen LogP contribution < -0.4 is 15.6 Å². The van der Waals surface area contributed by atoms with Gasteiger partial charge in [-0.15, -0.1) is 0 Å². The average molecular weight is 402 g/mol. The fourth-order valence-corrected chi connectivity index (χ4v) is 3.22. The van der Waals surface area contributed by atoms with Crippen LogP contribution >= 0.6 is 0 Å². The lowest BCUT2D eigenvalue weighted by atomic mass is 9.99. The standard InChI is InChI=1S/C23H16NO6/c1-14-19-13-18(29-22(25)16-7-9-17(10-8-16)24(27)28)11-12-20(19)30-23(26)21(14)15-5-3-2-4-6-15/h2-13,27H,1H3/q-1. The third-order valence-corrected chi connectivity index (χ3v) is 4.73. The van der Waals surface area contributed by atoms with Gasteiger partial charge in [0.15, 0.2) is 0 Å². The van der Waals surface area contributed by atoms with Crippen LogP contribution in [-0.2, 0) is 0 Å². The van der Waals surface area contributed by atoms with Crippen LogP contribution in [0.1, 0.15) is 15.9 Å². The third kappa shape index (κ3) is 3.67. The van der Waals surface area contributed by atoms with Gasteiger partial charge in [0.05, 0.1) is 16.8 Å². The number of aryl methyl sites for hydroxylation is 1. The number of fused-ring (bicyclic) bond motifs is 1. The number of benzene rings is 3. The number of ether oxygens (including phenoxy) is 1. The summed E-state index contributed by atoms with van der Waals surface area (Å²) in [6.07, 6.45) is 0. The van der Waals surface area contributed by atoms with Crippen LogP contribution in [0.4, 0.5) is 5.69 Å². The highest BCUT2D eigenvalue weighted by molar-refractivity contribution is 5.93. The normalized spacial score (nSPS) is 10.8. The predicted octanol–water partition coefficient (Wildman–Crippen LogP) is 4.68. The van der Waals surface area contributed by atoms with Crippen LogP contribution in [0.3, 0.4) is 0 Å². The Kier molecular flexibility index (Phi) is 5.05. The van der Waals surface area contributed by atoms with E-state index in [0.717, 1.165) is 5.56 Å². The van der Waals surface area contributed by atoms with Gasteiger partial charge in [0.2, 0.25) is 0 Å². The molecule has 0 radical (unpaired) electrons. The number of anilines is 1. The molecular weight excluding hydrogens is 386 g/mol. The van der Waals surface area contributed by atoms with Gasteiger partial charge in [0, 0.05) is 5.39 Å². The molecule has 30 heavy (non-hydrogen) atoms. The van der Waals surface area contributed by atoms with Crippen LogP contribution in [0.2, 0.25) is 0 Å². The summed E-state index contributed by atoms with van der Waals surface area (Å²) < 4.78 is 10.9. The Balaban J connectivity index is 1.69. The Hall–Kier alpha value is -3.94. The predicted molar refractivity (Wildman–Crippen MR) is 112 cm³/mol. The second-order valence-electron chi connectivity index (χ2n) is 6.62. The molecule has 4 rings (SSSR count). The topological polar surface area (TPSA) is 103 Å². The smallest absolute Gasteiger partial charge is 0.344 e. The van der Waals surface area contributed by atoms with Gasteiger partial charge in [-0.2, -0.15) is 0 Å². The molecule has 0 spiro atoms. The molecule has 0 fully saturated rings. The van der Waals surface area contributed by atoms with Gasteiger partial charge in [-0.3, -0.25) is 5.21 Å². The van der Waals surface area contributed by atoms with Crippen LogP contribution in [0.25, 0.3) is 22.1 Å². The van der Waals surface area contributed by atoms with Gasteiger partial charge in [-0.05, 0) is 60.5 Å². The highest BCUT2D eigenvalue weighted by Crippen LogP contribution is 2.29. The summed E-state index contributed by atoms with van der Waals surface area (Å²) >= 11 is 0. The molecule has 0 unspecified atom stereocenters. The first-order valence-corrected chi connectivity index (χ1v) is 9.05. The summed E-state index contributed by atoms with van der Waals surface area (Å²) in [5, 5.41) is 20.1. The molecule has 0 saturated carbocycles. The van der Waals surface area contributed by atoms with E-state index in [1.807, 2.05) is 37.3 Å². The summed E-state index contributed by atoms with van der Waals surface area (Å²) in [5.41, 5.74) is 2.07. The zero-order valence-corrected chi connectivity index (χ0v) is 15.9. The first kappa shape index (κ1) is 19.4. The summed E-state index contributed by atoms with van der Waals surface area (Å²) in [4.78, 5) is 24.9. The van der Waals surface area contributed by atoms with Crippen molar-refractivity contribution in [1.29, 1.82) is 0 Å². The van der Waals surface area contributed by atoms with Crippen molar-refractivity contribution in [3.05, 3.63) is 99.6 Å². The van der Waals surface area contributed by atoms with E-state index in [1.54, 1.807) is 12.1 Å². The number of hydrogen-bond donors (Lipinski definition) is 1. The molecule has 150 valence electrons. The van der Waals surface area contributed by atoms with E-state index in [0.29, 0.717) is 22.1 Å². The van der Waals surface area contributed by atoms with Crippen molar-refractivity contribution in [2.75, 3.05) is 5.23 Å². The molecule has 0 aliphatic rings. The molecule has 7 nitrogen and oxygen atoms in total. The minimum atomic E-state index is -0.630. The number of carbonyl (C=O) groups excluding carboxylic acids is 1. The summed E-state index contributed by atoms with van der Waals surface area (Å²) in [7, 11) is 0. The first-order chi connectivity index (χ1) is 14.4. The second kappa shape index (κ2) is 7.82. The van der Waals surface area contributed by atoms with Crippen molar-refractivity contribution in [2.24, 2.45) is 0 Å². The molecule has 7 heteroatoms. The Bertz CT molecular complexity index is 1280. The van der Waals surface area contributed by atoms with E-state index < -0.39 is 11.6 Å². The van der Waals surface area contributed by atoms with Crippen LogP contribution in [0.15, 0.2) is 82.0 Å². The fourth-order valence-electron chi connectivity index (χ4n) is 3.22. The van der Waals surface area contributed by atoms with E-state index in [-0.39, 0.29) is 22.2 Å². The Morgan fingerprint density at radius 2 is 1.73 bits per heavy atom. The van der Waals surface area contributed by atoms with Crippen molar-refractivity contribution in [3.63, 3.8) is 0 Å². The highest BCUT2D eigenvalue weighted by Gasteiger charge is 2.15. The van der Waals surface area contributed by atoms with Crippen LogP contribution in [0.5, 0.6) is 5.75 Å². The maximum absolute atomic E-state index is 12.5. The quantitative estimate of drug-likeness (QED) is 0.229. The molecule has 0 saturated heterocycles. The van der Waals surface area contributed by atoms with Crippen LogP contribution in [0, 0.1) is 12.1 Å². The zero-order chi connectivity index (χ0) is 21.3. The molecule has 1 aromatic heterocycles. The Labute approximate surface area is 170 Å². The Morgan fingerprint density at radius 3 is 2.40 bits per heavy atom. The van der Waals surface area contributed by atoms with E-state index in [9.17, 15) is 14.8 Å². The number of nitrogens with zero attached hydrogens (tertiary/aromatic N) is 1. The minimum Gasteiger partial charge on any atom is -0.733 e. The molecule has 3 aromatic carbocycles. The van der Waals surface area contributed by atoms with Gasteiger partial charge in [-0.25, -0.2) is 9.59 Å². The van der Waals surface area contributed by atoms with E-state index in [1.165, 1.54) is 30.3 Å². The lowest BCUT2D eigenvalue weighted by Gasteiger charge is -2.21. The lowest BCUT2D eigenvalue weighted by molar-refractivity contribution is 0.0735. The summed E-state index contributed by atoms with van der Waals surface area (Å²) in [5.74, 6) is -0.352. The lowest BCUT2D eigenvalue weighted by Crippen LogP contribution is -2.10. The molecule has 0 aliphatic carbocycles. The SMILES string of the molecule is Cc1c(-c2ccccc2)c(=O)oc2ccc(OC(=O)c3ccc(N([O-])O)cc3)cc12. The number of carbonyl (C=O) groups is 1. The average Bonchev–Trinajstić information content (AvgIpc) is 2.75. The minimum absolute atomic E-state index is 0.00338. The van der Waals surface area contributed by atoms with Gasteiger partial charge < -0.3 is 19.6 Å². The van der Waals surface area contributed by atoms with Crippen molar-refractivity contribution < 1.29 is 19.2 Å². The van der Waals surface area contributed by atoms with Crippen molar-refractivity contribution in [1.82, 2.24) is 0 Å². The maximum atomic E-state index is 12.5. The zero-order valence-electron chi connectivity index (χ0n) is 15.9. The largest absolute Gasteiger partial charge is 0.733 e. The van der Waals surface area contributed by atoms with Gasteiger partial charge in [0.1, 0.15) is 11.3 Å². The van der Waals surface area contributed by atoms with Crippen molar-refractivity contribution >= 4 is 22.6 Å². The summed E-state index contributed by atoms with van der Waals surface area (Å²) in [6.45, 7) is 1.81. The molecule has 0 amide bonds. The van der Waals surface area contributed by atoms with E-state index >= 15 is 0 Å². The highest BCUT2D eigenvalue weighted by atomic mass is 16.8. The van der Waals surface area contributed by atoms with E-state index in [2.05, 4.69) is 0 Å². The molecule has 0 atom stereocenters. The van der Waals surface area contributed by atoms with Crippen LogP contribution in [-0.4, -0.2) is 11.2 Å². The number of hydrogen-bond acceptors (Lipinski definition) is 7. The van der Waals surface area contributed by atoms with Gasteiger partial charge in [0.25, 0.3) is 0 Å². The second-order valence-corrected chi connectivity index (χ2v) is 6.62. The van der Waals surface area contributed by atoms with Gasteiger partial charge in [-0.1, -0.05) is 30.3 Å². The molecule has 1 N–H and O–H groups in total. The molecule has 1 heterocycles. The van der Waals surface area contributed by atoms with E-state index in [4.69, 9.17) is 14.4 Å². The van der Waals surface area contributed by atoms with Crippen molar-refractivity contribution in [3.8, 4) is 16.9 Å². The first-order valence-electron chi connectivity index (χ1n) is 9.05. The Morgan fingerprint density at radius 1 is 1.03 bits per heavy atom. The molecule has 0 aliphatic heterocycles. The fraction of sp³-hybridized carbons (Fsp3) is 0.0435. The number of esters is 1. The molecule has 4 aromatic rings. The van der Waals surface area contributed by atoms with Crippen molar-refractivity contribution in [2.45, 2.75) is 6.92 Å². The summed E-state index contributed by atoms with van der Waals surface area (Å²) in [6, 6.07) is 19.3. The van der Waals surface area contributed by atoms with Gasteiger partial charge >= 0.3 is 11.6 Å². The molecule has 0 bridgehead atoms. The number of rotatable bonds is 4. The molecular formula is C23H16NO6-. The maximum Gasteiger partial charge on any atom is 0.344 e.